The molecule has 0 saturated carbocycles. The Morgan fingerprint density at radius 2 is 0.593 bits per heavy atom. The molecule has 0 spiro atoms. The predicted molar refractivity (Wildman–Crippen MR) is 345 cm³/mol. The molecule has 0 bridgehead atoms. The molecule has 0 aromatic rings. The molecule has 86 heavy (non-hydrogen) atoms. The van der Waals surface area contributed by atoms with Crippen LogP contribution >= 0.6 is 15.6 Å². The van der Waals surface area contributed by atoms with Crippen LogP contribution < -0.4 is 0 Å². The van der Waals surface area contributed by atoms with Gasteiger partial charge < -0.3 is 33.8 Å². The molecule has 6 atom stereocenters. The molecule has 0 heterocycles. The number of hydrogen-bond acceptors (Lipinski definition) is 15. The van der Waals surface area contributed by atoms with Gasteiger partial charge in [0.25, 0.3) is 0 Å². The maximum atomic E-state index is 13.0. The molecule has 0 rings (SSSR count). The Kier molecular flexibility index (Phi) is 58.0. The van der Waals surface area contributed by atoms with Gasteiger partial charge >= 0.3 is 39.5 Å². The van der Waals surface area contributed by atoms with Crippen LogP contribution in [0.3, 0.4) is 0 Å². The summed E-state index contributed by atoms with van der Waals surface area (Å²) >= 11 is 0. The molecule has 19 heteroatoms. The zero-order valence-corrected chi connectivity index (χ0v) is 57.4. The fourth-order valence-electron chi connectivity index (χ4n) is 10.0. The maximum Gasteiger partial charge on any atom is 0.472 e. The summed E-state index contributed by atoms with van der Waals surface area (Å²) in [5.74, 6) is -0.560. The smallest absolute Gasteiger partial charge is 0.462 e. The molecule has 0 saturated heterocycles. The van der Waals surface area contributed by atoms with E-state index in [1.165, 1.54) is 148 Å². The molecule has 0 aliphatic rings. The molecule has 0 aromatic carbocycles. The third kappa shape index (κ3) is 59.7. The van der Waals surface area contributed by atoms with Crippen LogP contribution in [0.25, 0.3) is 0 Å². The second kappa shape index (κ2) is 59.4. The fourth-order valence-corrected chi connectivity index (χ4v) is 11.6. The van der Waals surface area contributed by atoms with E-state index in [-0.39, 0.29) is 25.7 Å². The molecule has 0 aliphatic heterocycles. The molecule has 0 amide bonds. The van der Waals surface area contributed by atoms with E-state index in [9.17, 15) is 43.2 Å². The van der Waals surface area contributed by atoms with Gasteiger partial charge in [0.15, 0.2) is 12.2 Å². The first kappa shape index (κ1) is 84.1. The summed E-state index contributed by atoms with van der Waals surface area (Å²) in [6, 6.07) is 0. The Labute approximate surface area is 524 Å². The lowest BCUT2D eigenvalue weighted by atomic mass is 9.99. The van der Waals surface area contributed by atoms with Crippen LogP contribution in [-0.4, -0.2) is 96.7 Å². The van der Waals surface area contributed by atoms with Crippen molar-refractivity contribution in [1.29, 1.82) is 0 Å². The lowest BCUT2D eigenvalue weighted by Crippen LogP contribution is -2.30. The summed E-state index contributed by atoms with van der Waals surface area (Å²) in [5.41, 5.74) is 0. The number of carbonyl (C=O) groups excluding carboxylic acids is 4. The molecule has 0 fully saturated rings. The van der Waals surface area contributed by atoms with E-state index in [4.69, 9.17) is 37.0 Å². The van der Waals surface area contributed by atoms with Crippen LogP contribution in [0, 0.1) is 11.8 Å². The van der Waals surface area contributed by atoms with Gasteiger partial charge in [0, 0.05) is 25.7 Å². The van der Waals surface area contributed by atoms with Crippen molar-refractivity contribution in [2.24, 2.45) is 11.8 Å². The van der Waals surface area contributed by atoms with Crippen LogP contribution in [0.5, 0.6) is 0 Å². The number of phosphoric acid groups is 2. The van der Waals surface area contributed by atoms with Crippen molar-refractivity contribution in [3.05, 3.63) is 0 Å². The van der Waals surface area contributed by atoms with Crippen molar-refractivity contribution >= 4 is 39.5 Å². The summed E-state index contributed by atoms with van der Waals surface area (Å²) in [6.45, 7) is 9.50. The number of rotatable bonds is 66. The Balaban J connectivity index is 5.20. The van der Waals surface area contributed by atoms with E-state index in [0.717, 1.165) is 108 Å². The minimum atomic E-state index is -4.95. The normalized spacial score (nSPS) is 14.5. The summed E-state index contributed by atoms with van der Waals surface area (Å²) < 4.78 is 68.0. The first-order chi connectivity index (χ1) is 41.4. The monoisotopic (exact) mass is 1270 g/mol. The van der Waals surface area contributed by atoms with Crippen LogP contribution in [0.15, 0.2) is 0 Å². The van der Waals surface area contributed by atoms with Gasteiger partial charge in [-0.25, -0.2) is 9.13 Å². The quantitative estimate of drug-likeness (QED) is 0.0222. The molecule has 0 radical (unpaired) electrons. The maximum absolute atomic E-state index is 13.0. The number of esters is 4. The Morgan fingerprint density at radius 3 is 0.884 bits per heavy atom. The lowest BCUT2D eigenvalue weighted by molar-refractivity contribution is -0.161. The molecule has 0 aromatic heterocycles. The summed E-state index contributed by atoms with van der Waals surface area (Å²) in [7, 11) is -9.89. The van der Waals surface area contributed by atoms with Gasteiger partial charge in [-0.2, -0.15) is 0 Å². The molecule has 0 aliphatic carbocycles. The van der Waals surface area contributed by atoms with Crippen LogP contribution in [0.2, 0.25) is 0 Å². The van der Waals surface area contributed by atoms with Gasteiger partial charge in [-0.15, -0.1) is 0 Å². The third-order valence-electron chi connectivity index (χ3n) is 15.8. The second-order valence-electron chi connectivity index (χ2n) is 24.9. The molecular weight excluding hydrogens is 1140 g/mol. The Bertz CT molecular complexity index is 1690. The number of unbranched alkanes of at least 4 members (excludes halogenated alkanes) is 35. The van der Waals surface area contributed by atoms with E-state index < -0.39 is 97.5 Å². The molecule has 3 N–H and O–H groups in total. The highest BCUT2D eigenvalue weighted by Gasteiger charge is 2.30. The highest BCUT2D eigenvalue weighted by atomic mass is 31.2. The fraction of sp³-hybridized carbons (Fsp3) is 0.940. The van der Waals surface area contributed by atoms with Gasteiger partial charge in [0.2, 0.25) is 0 Å². The van der Waals surface area contributed by atoms with Gasteiger partial charge in [-0.3, -0.25) is 37.3 Å². The number of aliphatic hydroxyl groups excluding tert-OH is 1. The van der Waals surface area contributed by atoms with E-state index in [0.29, 0.717) is 25.7 Å². The van der Waals surface area contributed by atoms with Crippen LogP contribution in [-0.2, 0) is 65.4 Å². The zero-order chi connectivity index (χ0) is 63.6. The van der Waals surface area contributed by atoms with Crippen molar-refractivity contribution in [3.8, 4) is 0 Å². The van der Waals surface area contributed by atoms with Crippen LogP contribution in [0.4, 0.5) is 0 Å². The average Bonchev–Trinajstić information content (AvgIpc) is 3.51. The van der Waals surface area contributed by atoms with Crippen molar-refractivity contribution in [2.75, 3.05) is 39.6 Å². The Morgan fingerprint density at radius 1 is 0.337 bits per heavy atom. The van der Waals surface area contributed by atoms with Crippen molar-refractivity contribution < 1.29 is 80.2 Å². The van der Waals surface area contributed by atoms with E-state index >= 15 is 0 Å². The largest absolute Gasteiger partial charge is 0.472 e. The lowest BCUT2D eigenvalue weighted by Gasteiger charge is -2.21. The third-order valence-corrected chi connectivity index (χ3v) is 17.7. The van der Waals surface area contributed by atoms with E-state index in [2.05, 4.69) is 41.5 Å². The zero-order valence-electron chi connectivity index (χ0n) is 55.6. The van der Waals surface area contributed by atoms with Gasteiger partial charge in [0.1, 0.15) is 19.3 Å². The minimum Gasteiger partial charge on any atom is -0.462 e. The molecule has 510 valence electrons. The standard InChI is InChI=1S/C67H130O17P2/c1-7-10-12-14-16-24-33-39-45-51-66(71)83-62(55-77-64(69)49-43-37-31-17-15-13-11-8-2)57-81-85(73,74)79-53-61(68)54-80-86(75,76)82-58-63(56-78-65(70)50-44-38-32-28-27-30-36-42-48-60(6)9-3)84-67(72)52-46-40-34-26-23-21-19-18-20-22-25-29-35-41-47-59(4)5/h59-63,68H,7-58H2,1-6H3,(H,73,74)(H,75,76)/t60?,61-,62+,63+/m0/s1. The van der Waals surface area contributed by atoms with Gasteiger partial charge in [0.05, 0.1) is 26.4 Å². The highest BCUT2D eigenvalue weighted by Crippen LogP contribution is 2.45. The van der Waals surface area contributed by atoms with Crippen molar-refractivity contribution in [2.45, 2.75) is 355 Å². The Hall–Kier alpha value is -1.94. The number of ether oxygens (including phenoxy) is 4. The first-order valence-electron chi connectivity index (χ1n) is 35.0. The second-order valence-corrected chi connectivity index (χ2v) is 27.8. The number of hydrogen-bond donors (Lipinski definition) is 3. The number of phosphoric ester groups is 2. The van der Waals surface area contributed by atoms with Crippen molar-refractivity contribution in [1.82, 2.24) is 0 Å². The first-order valence-corrected chi connectivity index (χ1v) is 38.0. The topological polar surface area (TPSA) is 237 Å². The van der Waals surface area contributed by atoms with Crippen LogP contribution in [0.1, 0.15) is 337 Å². The molecular formula is C67H130O17P2. The van der Waals surface area contributed by atoms with E-state index in [1.807, 2.05) is 0 Å². The van der Waals surface area contributed by atoms with Crippen molar-refractivity contribution in [3.63, 3.8) is 0 Å². The highest BCUT2D eigenvalue weighted by molar-refractivity contribution is 7.47. The van der Waals surface area contributed by atoms with Gasteiger partial charge in [-0.05, 0) is 37.5 Å². The van der Waals surface area contributed by atoms with Gasteiger partial charge in [-0.1, -0.05) is 286 Å². The number of carbonyl (C=O) groups is 4. The number of aliphatic hydroxyl groups is 1. The van der Waals surface area contributed by atoms with E-state index in [1.54, 1.807) is 0 Å². The minimum absolute atomic E-state index is 0.105. The summed E-state index contributed by atoms with van der Waals surface area (Å²) in [6.07, 6.45) is 43.0. The predicted octanol–water partition coefficient (Wildman–Crippen LogP) is 18.8. The summed E-state index contributed by atoms with van der Waals surface area (Å²) in [5, 5.41) is 10.5. The summed E-state index contributed by atoms with van der Waals surface area (Å²) in [4.78, 5) is 72.3. The molecule has 3 unspecified atom stereocenters. The molecule has 17 nitrogen and oxygen atoms in total. The average molecular weight is 1270 g/mol. The SMILES string of the molecule is CCCCCCCCCCCC(=O)O[C@H](COC(=O)CCCCCCCCCC)COP(=O)(O)OC[C@H](O)COP(=O)(O)OC[C@@H](COC(=O)CCCCCCCCCCC(C)CC)OC(=O)CCCCCCCCCCCCCCCCC(C)C.